The van der Waals surface area contributed by atoms with E-state index < -0.39 is 0 Å². The predicted molar refractivity (Wildman–Crippen MR) is 85.0 cm³/mol. The zero-order chi connectivity index (χ0) is 14.3. The fourth-order valence-corrected chi connectivity index (χ4v) is 4.36. The van der Waals surface area contributed by atoms with Crippen LogP contribution >= 0.6 is 0 Å². The molecule has 0 amide bonds. The van der Waals surface area contributed by atoms with Crippen LogP contribution in [0.1, 0.15) is 48.4 Å². The van der Waals surface area contributed by atoms with Crippen LogP contribution in [0.4, 0.5) is 0 Å². The molecular weight excluding hydrogens is 244 g/mol. The van der Waals surface area contributed by atoms with Crippen LogP contribution in [0.25, 0.3) is 0 Å². The highest BCUT2D eigenvalue weighted by atomic mass is 15.2. The predicted octanol–water partition coefficient (Wildman–Crippen LogP) is 3.44. The van der Waals surface area contributed by atoms with Gasteiger partial charge in [-0.2, -0.15) is 0 Å². The van der Waals surface area contributed by atoms with Crippen LogP contribution < -0.4 is 5.32 Å². The van der Waals surface area contributed by atoms with E-state index in [2.05, 4.69) is 56.4 Å². The Morgan fingerprint density at radius 3 is 2.30 bits per heavy atom. The fourth-order valence-electron chi connectivity index (χ4n) is 4.36. The Morgan fingerprint density at radius 1 is 1.10 bits per heavy atom. The van der Waals surface area contributed by atoms with Crippen molar-refractivity contribution < 1.29 is 0 Å². The molecule has 2 fully saturated rings. The smallest absolute Gasteiger partial charge is 0.0347 e. The summed E-state index contributed by atoms with van der Waals surface area (Å²) in [7, 11) is 4.45. The topological polar surface area (TPSA) is 15.3 Å². The third-order valence-electron chi connectivity index (χ3n) is 5.81. The highest BCUT2D eigenvalue weighted by Crippen LogP contribution is 2.42. The Morgan fingerprint density at radius 2 is 1.75 bits per heavy atom. The minimum atomic E-state index is 0.520. The Labute approximate surface area is 123 Å². The number of nitrogens with one attached hydrogen (secondary N) is 1. The lowest BCUT2D eigenvalue weighted by Gasteiger charge is -2.40. The van der Waals surface area contributed by atoms with Crippen molar-refractivity contribution in [3.63, 3.8) is 0 Å². The molecule has 0 aromatic heterocycles. The van der Waals surface area contributed by atoms with Crippen molar-refractivity contribution in [1.82, 2.24) is 10.2 Å². The van der Waals surface area contributed by atoms with Crippen molar-refractivity contribution in [3.8, 4) is 0 Å². The summed E-state index contributed by atoms with van der Waals surface area (Å²) in [6, 6.07) is 9.15. The second-order valence-electron chi connectivity index (χ2n) is 6.89. The van der Waals surface area contributed by atoms with E-state index in [0.717, 1.165) is 18.0 Å². The fraction of sp³-hybridized carbons (Fsp3) is 0.667. The minimum absolute atomic E-state index is 0.520. The van der Waals surface area contributed by atoms with Crippen molar-refractivity contribution in [2.75, 3.05) is 14.1 Å². The van der Waals surface area contributed by atoms with Crippen LogP contribution in [-0.4, -0.2) is 31.1 Å². The van der Waals surface area contributed by atoms with E-state index in [0.29, 0.717) is 6.04 Å². The first kappa shape index (κ1) is 14.1. The van der Waals surface area contributed by atoms with Crippen molar-refractivity contribution in [3.05, 3.63) is 34.9 Å². The standard InChI is InChI=1S/C18H28N2/c1-12-5-6-14(9-13(12)2)18(19-3)15-10-16-7-8-17(11-15)20(16)4/h5-6,9,15-19H,7-8,10-11H2,1-4H3. The van der Waals surface area contributed by atoms with Crippen molar-refractivity contribution in [2.24, 2.45) is 5.92 Å². The summed E-state index contributed by atoms with van der Waals surface area (Å²) in [4.78, 5) is 2.63. The maximum Gasteiger partial charge on any atom is 0.0347 e. The van der Waals surface area contributed by atoms with Crippen molar-refractivity contribution in [2.45, 2.75) is 57.7 Å². The lowest BCUT2D eigenvalue weighted by atomic mass is 9.81. The van der Waals surface area contributed by atoms with Crippen LogP contribution in [0.3, 0.4) is 0 Å². The van der Waals surface area contributed by atoms with E-state index in [-0.39, 0.29) is 0 Å². The number of hydrogen-bond acceptors (Lipinski definition) is 2. The van der Waals surface area contributed by atoms with Gasteiger partial charge >= 0.3 is 0 Å². The van der Waals surface area contributed by atoms with Gasteiger partial charge in [0.2, 0.25) is 0 Å². The van der Waals surface area contributed by atoms with Gasteiger partial charge in [0.05, 0.1) is 0 Å². The molecule has 2 aliphatic rings. The molecular formula is C18H28N2. The van der Waals surface area contributed by atoms with Gasteiger partial charge in [-0.15, -0.1) is 0 Å². The summed E-state index contributed by atoms with van der Waals surface area (Å²) in [6.45, 7) is 4.42. The van der Waals surface area contributed by atoms with Gasteiger partial charge in [-0.1, -0.05) is 18.2 Å². The van der Waals surface area contributed by atoms with Crippen LogP contribution in [0.15, 0.2) is 18.2 Å². The normalized spacial score (nSPS) is 31.5. The number of aryl methyl sites for hydroxylation is 2. The first-order valence-corrected chi connectivity index (χ1v) is 8.06. The molecule has 2 heterocycles. The van der Waals surface area contributed by atoms with Crippen LogP contribution in [0.5, 0.6) is 0 Å². The molecule has 0 radical (unpaired) electrons. The average Bonchev–Trinajstić information content (AvgIpc) is 2.65. The maximum absolute atomic E-state index is 3.60. The monoisotopic (exact) mass is 272 g/mol. The molecule has 2 bridgehead atoms. The zero-order valence-corrected chi connectivity index (χ0v) is 13.3. The number of fused-ring (bicyclic) bond motifs is 2. The largest absolute Gasteiger partial charge is 0.313 e. The van der Waals surface area contributed by atoms with E-state index in [1.54, 1.807) is 0 Å². The lowest BCUT2D eigenvalue weighted by Crippen LogP contribution is -2.43. The van der Waals surface area contributed by atoms with Gasteiger partial charge in [0.1, 0.15) is 0 Å². The molecule has 3 rings (SSSR count). The Bertz CT molecular complexity index is 468. The molecule has 0 spiro atoms. The maximum atomic E-state index is 3.60. The molecule has 0 aliphatic carbocycles. The van der Waals surface area contributed by atoms with E-state index in [1.165, 1.54) is 42.4 Å². The molecule has 1 aromatic rings. The van der Waals surface area contributed by atoms with Gasteiger partial charge in [-0.3, -0.25) is 0 Å². The Kier molecular flexibility index (Phi) is 3.87. The molecule has 3 unspecified atom stereocenters. The highest BCUT2D eigenvalue weighted by molar-refractivity contribution is 5.32. The number of hydrogen-bond donors (Lipinski definition) is 1. The molecule has 1 aromatic carbocycles. The molecule has 2 nitrogen and oxygen atoms in total. The van der Waals surface area contributed by atoms with E-state index in [1.807, 2.05) is 0 Å². The highest BCUT2D eigenvalue weighted by Gasteiger charge is 2.40. The number of rotatable bonds is 3. The lowest BCUT2D eigenvalue weighted by molar-refractivity contribution is 0.114. The molecule has 2 saturated heterocycles. The molecule has 20 heavy (non-hydrogen) atoms. The van der Waals surface area contributed by atoms with E-state index in [9.17, 15) is 0 Å². The number of benzene rings is 1. The van der Waals surface area contributed by atoms with Gasteiger partial charge in [-0.05, 0) is 76.2 Å². The SMILES string of the molecule is CNC(c1ccc(C)c(C)c1)C1CC2CCC(C1)N2C. The summed E-state index contributed by atoms with van der Waals surface area (Å²) < 4.78 is 0. The van der Waals surface area contributed by atoms with Gasteiger partial charge in [-0.25, -0.2) is 0 Å². The third kappa shape index (κ3) is 2.40. The van der Waals surface area contributed by atoms with Gasteiger partial charge < -0.3 is 10.2 Å². The summed E-state index contributed by atoms with van der Waals surface area (Å²) in [5.74, 6) is 0.788. The first-order chi connectivity index (χ1) is 9.60. The van der Waals surface area contributed by atoms with Crippen LogP contribution in [-0.2, 0) is 0 Å². The minimum Gasteiger partial charge on any atom is -0.313 e. The Balaban J connectivity index is 1.81. The second-order valence-corrected chi connectivity index (χ2v) is 6.89. The van der Waals surface area contributed by atoms with Crippen LogP contribution in [0.2, 0.25) is 0 Å². The van der Waals surface area contributed by atoms with E-state index in [4.69, 9.17) is 0 Å². The summed E-state index contributed by atoms with van der Waals surface area (Å²) in [5, 5.41) is 3.60. The Hall–Kier alpha value is -0.860. The summed E-state index contributed by atoms with van der Waals surface area (Å²) in [6.07, 6.45) is 5.51. The summed E-state index contributed by atoms with van der Waals surface area (Å²) in [5.41, 5.74) is 4.29. The van der Waals surface area contributed by atoms with Crippen molar-refractivity contribution >= 4 is 0 Å². The van der Waals surface area contributed by atoms with Gasteiger partial charge in [0, 0.05) is 18.1 Å². The molecule has 2 aliphatic heterocycles. The van der Waals surface area contributed by atoms with Crippen molar-refractivity contribution in [1.29, 1.82) is 0 Å². The average molecular weight is 272 g/mol. The van der Waals surface area contributed by atoms with Gasteiger partial charge in [0.15, 0.2) is 0 Å². The first-order valence-electron chi connectivity index (χ1n) is 8.06. The quantitative estimate of drug-likeness (QED) is 0.907. The molecule has 0 saturated carbocycles. The molecule has 110 valence electrons. The third-order valence-corrected chi connectivity index (χ3v) is 5.81. The second kappa shape index (κ2) is 5.50. The van der Waals surface area contributed by atoms with E-state index >= 15 is 0 Å². The number of piperidine rings is 1. The van der Waals surface area contributed by atoms with Gasteiger partial charge in [0.25, 0.3) is 0 Å². The number of nitrogens with zero attached hydrogens (tertiary/aromatic N) is 1. The summed E-state index contributed by atoms with van der Waals surface area (Å²) >= 11 is 0. The molecule has 2 heteroatoms. The zero-order valence-electron chi connectivity index (χ0n) is 13.3. The molecule has 3 atom stereocenters. The molecule has 1 N–H and O–H groups in total. The van der Waals surface area contributed by atoms with Crippen LogP contribution in [0, 0.1) is 19.8 Å².